The first-order valence-electron chi connectivity index (χ1n) is 6.33. The smallest absolute Gasteiger partial charge is 0.269 e. The second-order valence-electron chi connectivity index (χ2n) is 5.16. The van der Waals surface area contributed by atoms with Crippen molar-refractivity contribution < 1.29 is 9.72 Å². The third-order valence-corrected chi connectivity index (χ3v) is 3.00. The van der Waals surface area contributed by atoms with E-state index in [1.54, 1.807) is 11.8 Å². The Balaban J connectivity index is 3.16. The Morgan fingerprint density at radius 2 is 1.74 bits per heavy atom. The summed E-state index contributed by atoms with van der Waals surface area (Å²) in [5.41, 5.74) is 1.16. The summed E-state index contributed by atoms with van der Waals surface area (Å²) in [6, 6.07) is 4.52. The molecule has 1 aromatic carbocycles. The molecule has 0 radical (unpaired) electrons. The van der Waals surface area contributed by atoms with E-state index in [-0.39, 0.29) is 23.7 Å². The van der Waals surface area contributed by atoms with Crippen molar-refractivity contribution in [3.63, 3.8) is 0 Å². The zero-order valence-electron chi connectivity index (χ0n) is 12.0. The Bertz CT molecular complexity index is 487. The molecule has 0 fully saturated rings. The first-order chi connectivity index (χ1) is 8.75. The molecule has 0 aliphatic heterocycles. The number of hydrogen-bond acceptors (Lipinski definition) is 3. The third-order valence-electron chi connectivity index (χ3n) is 3.00. The Morgan fingerprint density at radius 3 is 2.11 bits per heavy atom. The van der Waals surface area contributed by atoms with Crippen LogP contribution in [-0.2, 0) is 0 Å². The van der Waals surface area contributed by atoms with Crippen LogP contribution in [0.5, 0.6) is 0 Å². The predicted molar refractivity (Wildman–Crippen MR) is 74.3 cm³/mol. The molecule has 0 N–H and O–H groups in total. The molecule has 0 unspecified atom stereocenters. The molecule has 19 heavy (non-hydrogen) atoms. The van der Waals surface area contributed by atoms with E-state index in [0.717, 1.165) is 0 Å². The molecule has 0 atom stereocenters. The van der Waals surface area contributed by atoms with Crippen molar-refractivity contribution in [2.24, 2.45) is 0 Å². The number of non-ortho nitro benzene ring substituents is 1. The highest BCUT2D eigenvalue weighted by Crippen LogP contribution is 2.20. The number of amides is 1. The zero-order valence-corrected chi connectivity index (χ0v) is 12.0. The normalized spacial score (nSPS) is 10.9. The van der Waals surface area contributed by atoms with Gasteiger partial charge in [-0.25, -0.2) is 0 Å². The first-order valence-corrected chi connectivity index (χ1v) is 6.33. The Labute approximate surface area is 113 Å². The molecule has 0 aliphatic carbocycles. The number of nitro benzene ring substituents is 1. The molecule has 0 bridgehead atoms. The molecule has 1 amide bonds. The lowest BCUT2D eigenvalue weighted by Crippen LogP contribution is -2.42. The molecule has 5 heteroatoms. The molecule has 0 heterocycles. The minimum Gasteiger partial charge on any atom is -0.334 e. The van der Waals surface area contributed by atoms with E-state index in [1.807, 2.05) is 27.7 Å². The number of benzene rings is 1. The van der Waals surface area contributed by atoms with Crippen LogP contribution >= 0.6 is 0 Å². The van der Waals surface area contributed by atoms with Gasteiger partial charge in [-0.2, -0.15) is 0 Å². The van der Waals surface area contributed by atoms with Gasteiger partial charge < -0.3 is 4.90 Å². The van der Waals surface area contributed by atoms with Crippen molar-refractivity contribution in [1.29, 1.82) is 0 Å². The second-order valence-corrected chi connectivity index (χ2v) is 5.16. The summed E-state index contributed by atoms with van der Waals surface area (Å²) >= 11 is 0. The Kier molecular flexibility index (Phi) is 4.64. The van der Waals surface area contributed by atoms with Crippen molar-refractivity contribution in [2.45, 2.75) is 46.7 Å². The van der Waals surface area contributed by atoms with Crippen LogP contribution in [0.15, 0.2) is 18.2 Å². The average Bonchev–Trinajstić information content (AvgIpc) is 2.27. The highest BCUT2D eigenvalue weighted by Gasteiger charge is 2.23. The molecule has 0 aromatic heterocycles. The lowest BCUT2D eigenvalue weighted by atomic mass is 10.0. The number of aryl methyl sites for hydroxylation is 1. The van der Waals surface area contributed by atoms with Crippen molar-refractivity contribution in [3.8, 4) is 0 Å². The van der Waals surface area contributed by atoms with E-state index < -0.39 is 4.92 Å². The summed E-state index contributed by atoms with van der Waals surface area (Å²) in [5, 5.41) is 10.7. The van der Waals surface area contributed by atoms with E-state index in [1.165, 1.54) is 18.2 Å². The Hall–Kier alpha value is -1.91. The summed E-state index contributed by atoms with van der Waals surface area (Å²) < 4.78 is 0. The van der Waals surface area contributed by atoms with E-state index in [2.05, 4.69) is 0 Å². The lowest BCUT2D eigenvalue weighted by Gasteiger charge is -2.31. The summed E-state index contributed by atoms with van der Waals surface area (Å²) in [7, 11) is 0. The van der Waals surface area contributed by atoms with Crippen LogP contribution in [0, 0.1) is 17.0 Å². The molecule has 104 valence electrons. The molecule has 0 spiro atoms. The van der Waals surface area contributed by atoms with Gasteiger partial charge in [-0.1, -0.05) is 0 Å². The van der Waals surface area contributed by atoms with E-state index in [9.17, 15) is 14.9 Å². The summed E-state index contributed by atoms with van der Waals surface area (Å²) in [6.45, 7) is 9.55. The number of rotatable bonds is 4. The minimum atomic E-state index is -0.454. The monoisotopic (exact) mass is 264 g/mol. The average molecular weight is 264 g/mol. The molecule has 0 saturated carbocycles. The highest BCUT2D eigenvalue weighted by atomic mass is 16.6. The molecule has 5 nitrogen and oxygen atoms in total. The van der Waals surface area contributed by atoms with Crippen molar-refractivity contribution in [2.75, 3.05) is 0 Å². The summed E-state index contributed by atoms with van der Waals surface area (Å²) in [5.74, 6) is -0.0857. The van der Waals surface area contributed by atoms with Crippen LogP contribution < -0.4 is 0 Å². The number of nitrogens with zero attached hydrogens (tertiary/aromatic N) is 2. The quantitative estimate of drug-likeness (QED) is 0.619. The van der Waals surface area contributed by atoms with Gasteiger partial charge >= 0.3 is 0 Å². The number of hydrogen-bond donors (Lipinski definition) is 0. The van der Waals surface area contributed by atoms with Gasteiger partial charge in [0.05, 0.1) is 4.92 Å². The fourth-order valence-corrected chi connectivity index (χ4v) is 2.21. The van der Waals surface area contributed by atoms with Gasteiger partial charge in [0.15, 0.2) is 0 Å². The van der Waals surface area contributed by atoms with E-state index in [0.29, 0.717) is 11.1 Å². The molecular weight excluding hydrogens is 244 g/mol. The zero-order chi connectivity index (χ0) is 14.7. The van der Waals surface area contributed by atoms with Crippen LogP contribution in [0.3, 0.4) is 0 Å². The van der Waals surface area contributed by atoms with Gasteiger partial charge in [-0.3, -0.25) is 14.9 Å². The second kappa shape index (κ2) is 5.82. The highest BCUT2D eigenvalue weighted by molar-refractivity contribution is 5.96. The first kappa shape index (κ1) is 15.1. The molecular formula is C14H20N2O3. The molecule has 0 aliphatic rings. The van der Waals surface area contributed by atoms with Gasteiger partial charge in [0.25, 0.3) is 11.6 Å². The topological polar surface area (TPSA) is 63.5 Å². The maximum atomic E-state index is 12.5. The van der Waals surface area contributed by atoms with Crippen LogP contribution in [0.25, 0.3) is 0 Å². The number of carbonyl (C=O) groups is 1. The van der Waals surface area contributed by atoms with E-state index in [4.69, 9.17) is 0 Å². The van der Waals surface area contributed by atoms with Gasteiger partial charge in [0.2, 0.25) is 0 Å². The van der Waals surface area contributed by atoms with Gasteiger partial charge in [0.1, 0.15) is 0 Å². The van der Waals surface area contributed by atoms with Crippen LogP contribution in [0.2, 0.25) is 0 Å². The summed E-state index contributed by atoms with van der Waals surface area (Å²) in [6.07, 6.45) is 0. The van der Waals surface area contributed by atoms with Crippen molar-refractivity contribution in [1.82, 2.24) is 4.90 Å². The van der Waals surface area contributed by atoms with E-state index >= 15 is 0 Å². The van der Waals surface area contributed by atoms with Gasteiger partial charge in [0, 0.05) is 29.8 Å². The van der Waals surface area contributed by atoms with Crippen LogP contribution in [0.4, 0.5) is 5.69 Å². The van der Waals surface area contributed by atoms with Gasteiger partial charge in [-0.15, -0.1) is 0 Å². The standard InChI is InChI=1S/C14H20N2O3/c1-9(2)15(10(3)4)14(17)13-7-6-12(16(18)19)8-11(13)5/h6-10H,1-5H3. The maximum absolute atomic E-state index is 12.5. The predicted octanol–water partition coefficient (Wildman–Crippen LogP) is 3.16. The third kappa shape index (κ3) is 3.30. The van der Waals surface area contributed by atoms with Crippen molar-refractivity contribution in [3.05, 3.63) is 39.4 Å². The fraction of sp³-hybridized carbons (Fsp3) is 0.500. The summed E-state index contributed by atoms with van der Waals surface area (Å²) in [4.78, 5) is 24.5. The maximum Gasteiger partial charge on any atom is 0.269 e. The van der Waals surface area contributed by atoms with Gasteiger partial charge in [-0.05, 0) is 46.2 Å². The SMILES string of the molecule is Cc1cc([N+](=O)[O-])ccc1C(=O)N(C(C)C)C(C)C. The fourth-order valence-electron chi connectivity index (χ4n) is 2.21. The number of nitro groups is 1. The molecule has 0 saturated heterocycles. The number of carbonyl (C=O) groups excluding carboxylic acids is 1. The largest absolute Gasteiger partial charge is 0.334 e. The Morgan fingerprint density at radius 1 is 1.21 bits per heavy atom. The molecule has 1 aromatic rings. The van der Waals surface area contributed by atoms with Crippen molar-refractivity contribution >= 4 is 11.6 Å². The molecule has 1 rings (SSSR count). The van der Waals surface area contributed by atoms with Crippen LogP contribution in [-0.4, -0.2) is 27.8 Å². The minimum absolute atomic E-state index is 0.00898. The van der Waals surface area contributed by atoms with Crippen LogP contribution in [0.1, 0.15) is 43.6 Å². The lowest BCUT2D eigenvalue weighted by molar-refractivity contribution is -0.384.